The Morgan fingerprint density at radius 2 is 1.80 bits per heavy atom. The third-order valence-corrected chi connectivity index (χ3v) is 5.10. The van der Waals surface area contributed by atoms with Crippen LogP contribution in [0.1, 0.15) is 50.2 Å². The van der Waals surface area contributed by atoms with Crippen LogP contribution in [-0.2, 0) is 13.1 Å². The molecule has 1 aromatic carbocycles. The minimum atomic E-state index is 0.880. The SMILES string of the molecule is CCNCc1ccc(CN2CCCC3CCCC32)cc1. The summed E-state index contributed by atoms with van der Waals surface area (Å²) in [5, 5.41) is 3.39. The molecule has 20 heavy (non-hydrogen) atoms. The molecule has 1 aliphatic heterocycles. The number of hydrogen-bond acceptors (Lipinski definition) is 2. The third-order valence-electron chi connectivity index (χ3n) is 5.10. The summed E-state index contributed by atoms with van der Waals surface area (Å²) in [7, 11) is 0. The summed E-state index contributed by atoms with van der Waals surface area (Å²) in [6.45, 7) is 6.65. The van der Waals surface area contributed by atoms with Gasteiger partial charge in [0.2, 0.25) is 0 Å². The molecule has 2 heteroatoms. The summed E-state index contributed by atoms with van der Waals surface area (Å²) in [4.78, 5) is 2.75. The zero-order valence-electron chi connectivity index (χ0n) is 12.8. The maximum absolute atomic E-state index is 3.39. The van der Waals surface area contributed by atoms with E-state index in [0.717, 1.165) is 31.6 Å². The quantitative estimate of drug-likeness (QED) is 0.881. The maximum Gasteiger partial charge on any atom is 0.0236 e. The van der Waals surface area contributed by atoms with Crippen LogP contribution in [0.2, 0.25) is 0 Å². The molecule has 1 aromatic rings. The highest BCUT2D eigenvalue weighted by molar-refractivity contribution is 5.22. The van der Waals surface area contributed by atoms with E-state index in [2.05, 4.69) is 41.4 Å². The van der Waals surface area contributed by atoms with Crippen molar-refractivity contribution in [2.24, 2.45) is 5.92 Å². The fraction of sp³-hybridized carbons (Fsp3) is 0.667. The van der Waals surface area contributed by atoms with Crippen LogP contribution >= 0.6 is 0 Å². The molecular weight excluding hydrogens is 244 g/mol. The molecule has 1 heterocycles. The first-order valence-corrected chi connectivity index (χ1v) is 8.39. The van der Waals surface area contributed by atoms with Crippen LogP contribution in [0.5, 0.6) is 0 Å². The molecular formula is C18H28N2. The summed E-state index contributed by atoms with van der Waals surface area (Å²) in [6, 6.07) is 10.1. The maximum atomic E-state index is 3.39. The molecule has 1 N–H and O–H groups in total. The van der Waals surface area contributed by atoms with E-state index in [4.69, 9.17) is 0 Å². The predicted molar refractivity (Wildman–Crippen MR) is 84.6 cm³/mol. The number of fused-ring (bicyclic) bond motifs is 1. The monoisotopic (exact) mass is 272 g/mol. The zero-order valence-corrected chi connectivity index (χ0v) is 12.8. The van der Waals surface area contributed by atoms with Crippen molar-refractivity contribution < 1.29 is 0 Å². The molecule has 0 radical (unpaired) electrons. The number of benzene rings is 1. The molecule has 110 valence electrons. The van der Waals surface area contributed by atoms with Crippen LogP contribution in [0.25, 0.3) is 0 Å². The van der Waals surface area contributed by atoms with Gasteiger partial charge in [0.1, 0.15) is 0 Å². The standard InChI is InChI=1S/C18H28N2/c1-2-19-13-15-8-10-16(11-9-15)14-20-12-4-6-17-5-3-7-18(17)20/h8-11,17-19H,2-7,12-14H2,1H3. The van der Waals surface area contributed by atoms with Crippen molar-refractivity contribution in [3.8, 4) is 0 Å². The number of nitrogens with zero attached hydrogens (tertiary/aromatic N) is 1. The van der Waals surface area contributed by atoms with E-state index < -0.39 is 0 Å². The summed E-state index contributed by atoms with van der Waals surface area (Å²) >= 11 is 0. The van der Waals surface area contributed by atoms with Crippen LogP contribution < -0.4 is 5.32 Å². The Morgan fingerprint density at radius 1 is 1.05 bits per heavy atom. The summed E-state index contributed by atoms with van der Waals surface area (Å²) in [6.07, 6.45) is 7.24. The number of hydrogen-bond donors (Lipinski definition) is 1. The van der Waals surface area contributed by atoms with Crippen molar-refractivity contribution in [3.63, 3.8) is 0 Å². The lowest BCUT2D eigenvalue weighted by Crippen LogP contribution is -2.41. The third kappa shape index (κ3) is 3.24. The summed E-state index contributed by atoms with van der Waals surface area (Å²) in [5.41, 5.74) is 2.88. The van der Waals surface area contributed by atoms with Crippen molar-refractivity contribution in [1.82, 2.24) is 10.2 Å². The first kappa shape index (κ1) is 14.1. The smallest absolute Gasteiger partial charge is 0.0236 e. The van der Waals surface area contributed by atoms with E-state index in [1.165, 1.54) is 49.8 Å². The first-order chi connectivity index (χ1) is 9.86. The molecule has 2 unspecified atom stereocenters. The van der Waals surface area contributed by atoms with Crippen molar-refractivity contribution >= 4 is 0 Å². The van der Waals surface area contributed by atoms with E-state index in [-0.39, 0.29) is 0 Å². The number of nitrogens with one attached hydrogen (secondary N) is 1. The van der Waals surface area contributed by atoms with Crippen LogP contribution in [0.4, 0.5) is 0 Å². The van der Waals surface area contributed by atoms with Crippen LogP contribution in [0.3, 0.4) is 0 Å². The second-order valence-corrected chi connectivity index (χ2v) is 6.47. The number of rotatable bonds is 5. The van der Waals surface area contributed by atoms with Crippen molar-refractivity contribution in [1.29, 1.82) is 0 Å². The van der Waals surface area contributed by atoms with Gasteiger partial charge in [0.25, 0.3) is 0 Å². The molecule has 1 aliphatic carbocycles. The van der Waals surface area contributed by atoms with Gasteiger partial charge in [-0.1, -0.05) is 37.6 Å². The predicted octanol–water partition coefficient (Wildman–Crippen LogP) is 3.56. The Morgan fingerprint density at radius 3 is 2.60 bits per heavy atom. The lowest BCUT2D eigenvalue weighted by molar-refractivity contribution is 0.106. The molecule has 1 saturated carbocycles. The first-order valence-electron chi connectivity index (χ1n) is 8.39. The van der Waals surface area contributed by atoms with Gasteiger partial charge in [-0.3, -0.25) is 4.90 Å². The molecule has 0 bridgehead atoms. The Balaban J connectivity index is 1.59. The van der Waals surface area contributed by atoms with E-state index in [1.54, 1.807) is 0 Å². The van der Waals surface area contributed by atoms with Crippen LogP contribution in [0, 0.1) is 5.92 Å². The molecule has 3 rings (SSSR count). The highest BCUT2D eigenvalue weighted by atomic mass is 15.2. The zero-order chi connectivity index (χ0) is 13.8. The van der Waals surface area contributed by atoms with E-state index >= 15 is 0 Å². The Bertz CT molecular complexity index is 412. The van der Waals surface area contributed by atoms with Gasteiger partial charge in [0.15, 0.2) is 0 Å². The molecule has 2 fully saturated rings. The molecule has 0 aromatic heterocycles. The highest BCUT2D eigenvalue weighted by Crippen LogP contribution is 2.37. The summed E-state index contributed by atoms with van der Waals surface area (Å²) < 4.78 is 0. The Labute approximate surface area is 123 Å². The normalized spacial score (nSPS) is 26.6. The number of piperidine rings is 1. The fourth-order valence-electron chi connectivity index (χ4n) is 4.02. The number of likely N-dealkylation sites (tertiary alicyclic amines) is 1. The lowest BCUT2D eigenvalue weighted by Gasteiger charge is -2.37. The van der Waals surface area contributed by atoms with E-state index in [0.29, 0.717) is 0 Å². The Kier molecular flexibility index (Phi) is 4.74. The minimum Gasteiger partial charge on any atom is -0.313 e. The molecule has 2 aliphatic rings. The summed E-state index contributed by atoms with van der Waals surface area (Å²) in [5.74, 6) is 0.997. The van der Waals surface area contributed by atoms with Crippen molar-refractivity contribution in [2.45, 2.75) is 58.2 Å². The van der Waals surface area contributed by atoms with Gasteiger partial charge in [0.05, 0.1) is 0 Å². The highest BCUT2D eigenvalue weighted by Gasteiger charge is 2.34. The largest absolute Gasteiger partial charge is 0.313 e. The lowest BCUT2D eigenvalue weighted by atomic mass is 9.91. The molecule has 1 saturated heterocycles. The van der Waals surface area contributed by atoms with E-state index in [1.807, 2.05) is 0 Å². The van der Waals surface area contributed by atoms with Gasteiger partial charge >= 0.3 is 0 Å². The van der Waals surface area contributed by atoms with Crippen LogP contribution in [-0.4, -0.2) is 24.0 Å². The van der Waals surface area contributed by atoms with Gasteiger partial charge in [-0.15, -0.1) is 0 Å². The van der Waals surface area contributed by atoms with Crippen molar-refractivity contribution in [2.75, 3.05) is 13.1 Å². The van der Waals surface area contributed by atoms with Crippen molar-refractivity contribution in [3.05, 3.63) is 35.4 Å². The topological polar surface area (TPSA) is 15.3 Å². The molecule has 0 spiro atoms. The van der Waals surface area contributed by atoms with Crippen LogP contribution in [0.15, 0.2) is 24.3 Å². The van der Waals surface area contributed by atoms with Gasteiger partial charge in [0, 0.05) is 19.1 Å². The second kappa shape index (κ2) is 6.73. The Hall–Kier alpha value is -0.860. The minimum absolute atomic E-state index is 0.880. The molecule has 2 nitrogen and oxygen atoms in total. The van der Waals surface area contributed by atoms with Gasteiger partial charge in [-0.25, -0.2) is 0 Å². The second-order valence-electron chi connectivity index (χ2n) is 6.47. The van der Waals surface area contributed by atoms with Gasteiger partial charge in [-0.2, -0.15) is 0 Å². The van der Waals surface area contributed by atoms with Gasteiger partial charge < -0.3 is 5.32 Å². The molecule has 2 atom stereocenters. The van der Waals surface area contributed by atoms with E-state index in [9.17, 15) is 0 Å². The van der Waals surface area contributed by atoms with Gasteiger partial charge in [-0.05, 0) is 55.8 Å². The molecule has 0 amide bonds. The average Bonchev–Trinajstić information content (AvgIpc) is 2.96. The average molecular weight is 272 g/mol. The fourth-order valence-corrected chi connectivity index (χ4v) is 4.02.